The van der Waals surface area contributed by atoms with E-state index in [1.807, 2.05) is 35.7 Å². The van der Waals surface area contributed by atoms with Gasteiger partial charge in [-0.05, 0) is 48.4 Å². The van der Waals surface area contributed by atoms with Gasteiger partial charge in [0.25, 0.3) is 0 Å². The smallest absolute Gasteiger partial charge is 0.246 e. The third-order valence-corrected chi connectivity index (χ3v) is 7.37. The van der Waals surface area contributed by atoms with Crippen LogP contribution < -0.4 is 14.2 Å². The number of nitrogens with zero attached hydrogens (tertiary/aromatic N) is 2. The Bertz CT molecular complexity index is 1010. The molecule has 1 fully saturated rings. The standard InChI is InChI=1S/C28H38N2O5S/c1-19(2)36-23-10-8-22(9-11-23)27(32)20(3)29-13-15-30(16-14-29)26(31)12-7-21-17-24(33-4)28(35-6)25(18-21)34-5/h7-12,17-20,27,32H,13-16H2,1-6H3. The number of aliphatic hydroxyl groups excluding tert-OH is 1. The van der Waals surface area contributed by atoms with Crippen LogP contribution in [0, 0.1) is 0 Å². The Hall–Kier alpha value is -2.68. The zero-order valence-electron chi connectivity index (χ0n) is 22.1. The third kappa shape index (κ3) is 6.96. The summed E-state index contributed by atoms with van der Waals surface area (Å²) in [4.78, 5) is 18.1. The zero-order chi connectivity index (χ0) is 26.2. The zero-order valence-corrected chi connectivity index (χ0v) is 22.9. The van der Waals surface area contributed by atoms with E-state index in [-0.39, 0.29) is 11.9 Å². The van der Waals surface area contributed by atoms with E-state index in [0.29, 0.717) is 48.7 Å². The van der Waals surface area contributed by atoms with Crippen molar-refractivity contribution in [2.24, 2.45) is 0 Å². The molecule has 1 amide bonds. The first-order valence-electron chi connectivity index (χ1n) is 12.2. The van der Waals surface area contributed by atoms with Crippen molar-refractivity contribution in [3.63, 3.8) is 0 Å². The molecule has 7 nitrogen and oxygen atoms in total. The molecule has 0 saturated carbocycles. The highest BCUT2D eigenvalue weighted by Crippen LogP contribution is 2.38. The van der Waals surface area contributed by atoms with Gasteiger partial charge in [0.1, 0.15) is 0 Å². The van der Waals surface area contributed by atoms with Crippen molar-refractivity contribution in [2.45, 2.75) is 43.1 Å². The van der Waals surface area contributed by atoms with E-state index in [1.54, 1.807) is 45.6 Å². The highest BCUT2D eigenvalue weighted by atomic mass is 32.2. The summed E-state index contributed by atoms with van der Waals surface area (Å²) >= 11 is 1.81. The summed E-state index contributed by atoms with van der Waals surface area (Å²) in [5.41, 5.74) is 1.70. The predicted molar refractivity (Wildman–Crippen MR) is 145 cm³/mol. The number of hydrogen-bond donors (Lipinski definition) is 1. The summed E-state index contributed by atoms with van der Waals surface area (Å²) in [7, 11) is 4.68. The average molecular weight is 515 g/mol. The molecule has 0 spiro atoms. The molecule has 8 heteroatoms. The minimum atomic E-state index is -0.578. The number of benzene rings is 2. The molecule has 3 rings (SSSR count). The first-order chi connectivity index (χ1) is 17.3. The molecule has 0 aromatic heterocycles. The molecular formula is C28H38N2O5S. The fourth-order valence-electron chi connectivity index (χ4n) is 4.31. The van der Waals surface area contributed by atoms with Crippen molar-refractivity contribution in [3.8, 4) is 17.2 Å². The first-order valence-corrected chi connectivity index (χ1v) is 13.1. The van der Waals surface area contributed by atoms with E-state index in [9.17, 15) is 9.90 Å². The quantitative estimate of drug-likeness (QED) is 0.370. The molecule has 1 heterocycles. The number of ether oxygens (including phenoxy) is 3. The second-order valence-electron chi connectivity index (χ2n) is 9.07. The number of rotatable bonds is 10. The summed E-state index contributed by atoms with van der Waals surface area (Å²) in [6, 6.07) is 11.7. The lowest BCUT2D eigenvalue weighted by atomic mass is 10.0. The molecule has 1 saturated heterocycles. The van der Waals surface area contributed by atoms with Gasteiger partial charge in [0.05, 0.1) is 27.4 Å². The number of carbonyl (C=O) groups is 1. The Morgan fingerprint density at radius 2 is 1.53 bits per heavy atom. The summed E-state index contributed by atoms with van der Waals surface area (Å²) < 4.78 is 16.1. The Kier molecular flexibility index (Phi) is 10.1. The maximum Gasteiger partial charge on any atom is 0.246 e. The van der Waals surface area contributed by atoms with Gasteiger partial charge in [-0.3, -0.25) is 9.69 Å². The van der Waals surface area contributed by atoms with Crippen molar-refractivity contribution in [2.75, 3.05) is 47.5 Å². The van der Waals surface area contributed by atoms with Crippen LogP contribution in [0.3, 0.4) is 0 Å². The van der Waals surface area contributed by atoms with Crippen LogP contribution in [-0.2, 0) is 4.79 Å². The van der Waals surface area contributed by atoms with Crippen LogP contribution in [0.25, 0.3) is 6.08 Å². The van der Waals surface area contributed by atoms with Crippen LogP contribution >= 0.6 is 11.8 Å². The molecule has 2 unspecified atom stereocenters. The normalized spacial score (nSPS) is 16.3. The Labute approximate surface area is 219 Å². The van der Waals surface area contributed by atoms with Gasteiger partial charge < -0.3 is 24.2 Å². The minimum Gasteiger partial charge on any atom is -0.493 e. The minimum absolute atomic E-state index is 0.0411. The predicted octanol–water partition coefficient (Wildman–Crippen LogP) is 4.49. The lowest BCUT2D eigenvalue weighted by Gasteiger charge is -2.39. The van der Waals surface area contributed by atoms with E-state index in [1.165, 1.54) is 4.90 Å². The van der Waals surface area contributed by atoms with Crippen LogP contribution in [0.15, 0.2) is 47.4 Å². The van der Waals surface area contributed by atoms with Gasteiger partial charge >= 0.3 is 0 Å². The number of methoxy groups -OCH3 is 3. The Morgan fingerprint density at radius 3 is 2.03 bits per heavy atom. The summed E-state index contributed by atoms with van der Waals surface area (Å²) in [6.07, 6.45) is 2.75. The second kappa shape index (κ2) is 13.0. The molecule has 0 bridgehead atoms. The largest absolute Gasteiger partial charge is 0.493 e. The Balaban J connectivity index is 1.56. The average Bonchev–Trinajstić information content (AvgIpc) is 2.90. The van der Waals surface area contributed by atoms with Gasteiger partial charge in [-0.2, -0.15) is 0 Å². The van der Waals surface area contributed by atoms with Gasteiger partial charge in [-0.1, -0.05) is 26.0 Å². The van der Waals surface area contributed by atoms with Crippen molar-refractivity contribution < 1.29 is 24.1 Å². The molecule has 2 aromatic carbocycles. The van der Waals surface area contributed by atoms with E-state index < -0.39 is 6.10 Å². The van der Waals surface area contributed by atoms with Crippen LogP contribution in [0.2, 0.25) is 0 Å². The molecule has 1 N–H and O–H groups in total. The Morgan fingerprint density at radius 1 is 0.944 bits per heavy atom. The van der Waals surface area contributed by atoms with Crippen LogP contribution in [0.1, 0.15) is 38.0 Å². The SMILES string of the molecule is COc1cc(C=CC(=O)N2CCN(C(C)C(O)c3ccc(SC(C)C)cc3)CC2)cc(OC)c1OC. The number of amides is 1. The molecule has 0 radical (unpaired) electrons. The monoisotopic (exact) mass is 514 g/mol. The topological polar surface area (TPSA) is 71.5 Å². The van der Waals surface area contributed by atoms with E-state index in [2.05, 4.69) is 30.9 Å². The summed E-state index contributed by atoms with van der Waals surface area (Å²) in [6.45, 7) is 9.03. The lowest BCUT2D eigenvalue weighted by molar-refractivity contribution is -0.128. The maximum absolute atomic E-state index is 12.8. The molecule has 2 atom stereocenters. The number of piperazine rings is 1. The van der Waals surface area contributed by atoms with Crippen molar-refractivity contribution >= 4 is 23.7 Å². The summed E-state index contributed by atoms with van der Waals surface area (Å²) in [5.74, 6) is 1.55. The van der Waals surface area contributed by atoms with Crippen molar-refractivity contribution in [1.29, 1.82) is 0 Å². The van der Waals surface area contributed by atoms with Crippen LogP contribution in [-0.4, -0.2) is 79.6 Å². The van der Waals surface area contributed by atoms with E-state index in [0.717, 1.165) is 11.1 Å². The van der Waals surface area contributed by atoms with Gasteiger partial charge in [0.15, 0.2) is 11.5 Å². The second-order valence-corrected chi connectivity index (χ2v) is 10.7. The third-order valence-electron chi connectivity index (χ3n) is 6.36. The van der Waals surface area contributed by atoms with Crippen molar-refractivity contribution in [1.82, 2.24) is 9.80 Å². The van der Waals surface area contributed by atoms with Gasteiger partial charge in [0.2, 0.25) is 11.7 Å². The molecule has 0 aliphatic carbocycles. The molecular weight excluding hydrogens is 476 g/mol. The molecule has 36 heavy (non-hydrogen) atoms. The van der Waals surface area contributed by atoms with E-state index in [4.69, 9.17) is 14.2 Å². The lowest BCUT2D eigenvalue weighted by Crippen LogP contribution is -2.52. The van der Waals surface area contributed by atoms with Gasteiger partial charge in [0, 0.05) is 48.4 Å². The maximum atomic E-state index is 12.8. The number of hydrogen-bond acceptors (Lipinski definition) is 7. The number of carbonyl (C=O) groups excluding carboxylic acids is 1. The molecule has 1 aliphatic rings. The molecule has 2 aromatic rings. The first kappa shape index (κ1) is 27.9. The van der Waals surface area contributed by atoms with Crippen LogP contribution in [0.5, 0.6) is 17.2 Å². The van der Waals surface area contributed by atoms with Crippen LogP contribution in [0.4, 0.5) is 0 Å². The van der Waals surface area contributed by atoms with E-state index >= 15 is 0 Å². The summed E-state index contributed by atoms with van der Waals surface area (Å²) in [5, 5.41) is 11.5. The van der Waals surface area contributed by atoms with Gasteiger partial charge in [-0.25, -0.2) is 0 Å². The highest BCUT2D eigenvalue weighted by molar-refractivity contribution is 7.99. The van der Waals surface area contributed by atoms with Crippen molar-refractivity contribution in [3.05, 3.63) is 53.6 Å². The highest BCUT2D eigenvalue weighted by Gasteiger charge is 2.27. The number of aliphatic hydroxyl groups is 1. The van der Waals surface area contributed by atoms with Gasteiger partial charge in [-0.15, -0.1) is 11.8 Å². The molecule has 1 aliphatic heterocycles. The fourth-order valence-corrected chi connectivity index (χ4v) is 5.15. The molecule has 196 valence electrons. The number of thioether (sulfide) groups is 1. The fraction of sp³-hybridized carbons (Fsp3) is 0.464.